The van der Waals surface area contributed by atoms with Crippen LogP contribution >= 0.6 is 0 Å². The van der Waals surface area contributed by atoms with E-state index in [0.717, 1.165) is 44.9 Å². The number of hydrogen-bond acceptors (Lipinski definition) is 2. The molecule has 136 valence electrons. The molecule has 0 amide bonds. The van der Waals surface area contributed by atoms with Crippen LogP contribution in [0.5, 0.6) is 0 Å². The van der Waals surface area contributed by atoms with E-state index in [1.54, 1.807) is 0 Å². The summed E-state index contributed by atoms with van der Waals surface area (Å²) in [5.74, 6) is 0.957. The van der Waals surface area contributed by atoms with Crippen LogP contribution in [0.3, 0.4) is 0 Å². The maximum Gasteiger partial charge on any atom is 0.136 e. The highest BCUT2D eigenvalue weighted by Gasteiger charge is 2.18. The van der Waals surface area contributed by atoms with Gasteiger partial charge in [-0.15, -0.1) is 0 Å². The van der Waals surface area contributed by atoms with E-state index in [0.29, 0.717) is 24.4 Å². The lowest BCUT2D eigenvalue weighted by molar-refractivity contribution is -0.124. The third-order valence-electron chi connectivity index (χ3n) is 5.02. The first-order chi connectivity index (χ1) is 11.5. The van der Waals surface area contributed by atoms with Gasteiger partial charge in [0.15, 0.2) is 0 Å². The first-order valence-electron chi connectivity index (χ1n) is 9.84. The summed E-state index contributed by atoms with van der Waals surface area (Å²) in [6.07, 6.45) is 17.0. The van der Waals surface area contributed by atoms with Crippen molar-refractivity contribution < 1.29 is 9.59 Å². The normalized spacial score (nSPS) is 25.5. The predicted molar refractivity (Wildman–Crippen MR) is 102 cm³/mol. The van der Waals surface area contributed by atoms with Gasteiger partial charge < -0.3 is 0 Å². The first kappa shape index (κ1) is 20.9. The summed E-state index contributed by atoms with van der Waals surface area (Å²) < 4.78 is 0. The molecule has 0 aromatic carbocycles. The van der Waals surface area contributed by atoms with Crippen molar-refractivity contribution in [3.8, 4) is 0 Å². The molecule has 0 fully saturated rings. The van der Waals surface area contributed by atoms with E-state index in [1.807, 2.05) is 6.92 Å². The lowest BCUT2D eigenvalue weighted by Gasteiger charge is -2.15. The molecule has 1 rings (SSSR count). The Hall–Kier alpha value is -1.18. The summed E-state index contributed by atoms with van der Waals surface area (Å²) in [7, 11) is 0. The standard InChI is InChI=1S/C22H36O2/c1-18(2)16-17-20-13-10-8-6-4-5-7-9-12-19(3)21(23)14-11-15-22(20)24/h5,7,16,19-20H,4,6,8-15,17H2,1-3H3. The van der Waals surface area contributed by atoms with Gasteiger partial charge in [-0.1, -0.05) is 43.6 Å². The molecule has 0 saturated heterocycles. The second kappa shape index (κ2) is 12.2. The molecule has 1 aliphatic carbocycles. The topological polar surface area (TPSA) is 34.1 Å². The fraction of sp³-hybridized carbons (Fsp3) is 0.727. The van der Waals surface area contributed by atoms with Crippen molar-refractivity contribution in [3.63, 3.8) is 0 Å². The van der Waals surface area contributed by atoms with Crippen molar-refractivity contribution >= 4 is 11.6 Å². The van der Waals surface area contributed by atoms with Crippen molar-refractivity contribution in [3.05, 3.63) is 23.8 Å². The average Bonchev–Trinajstić information content (AvgIpc) is 2.54. The highest BCUT2D eigenvalue weighted by molar-refractivity contribution is 5.83. The van der Waals surface area contributed by atoms with Gasteiger partial charge in [-0.05, 0) is 58.8 Å². The maximum atomic E-state index is 12.6. The SMILES string of the molecule is CC(C)=CCC1CCCCCC=CCCC(C)C(=O)CCCC1=O. The van der Waals surface area contributed by atoms with Crippen molar-refractivity contribution in [2.24, 2.45) is 11.8 Å². The predicted octanol–water partition coefficient (Wildman–Crippen LogP) is 6.20. The third kappa shape index (κ3) is 9.20. The Kier molecular flexibility index (Phi) is 10.6. The average molecular weight is 333 g/mol. The highest BCUT2D eigenvalue weighted by atomic mass is 16.1. The van der Waals surface area contributed by atoms with E-state index in [2.05, 4.69) is 32.1 Å². The molecule has 1 aliphatic rings. The van der Waals surface area contributed by atoms with Crippen LogP contribution in [-0.2, 0) is 9.59 Å². The molecule has 2 nitrogen and oxygen atoms in total. The van der Waals surface area contributed by atoms with E-state index >= 15 is 0 Å². The Bertz CT molecular complexity index is 441. The summed E-state index contributed by atoms with van der Waals surface area (Å²) in [6.45, 7) is 6.21. The van der Waals surface area contributed by atoms with Crippen molar-refractivity contribution in [2.75, 3.05) is 0 Å². The van der Waals surface area contributed by atoms with Gasteiger partial charge in [0.2, 0.25) is 0 Å². The Morgan fingerprint density at radius 2 is 1.67 bits per heavy atom. The molecule has 0 saturated carbocycles. The van der Waals surface area contributed by atoms with Gasteiger partial charge in [0, 0.05) is 24.7 Å². The summed E-state index contributed by atoms with van der Waals surface area (Å²) >= 11 is 0. The molecule has 0 aromatic rings. The lowest BCUT2D eigenvalue weighted by Crippen LogP contribution is -2.16. The third-order valence-corrected chi connectivity index (χ3v) is 5.02. The van der Waals surface area contributed by atoms with Crippen LogP contribution in [0.1, 0.15) is 91.4 Å². The summed E-state index contributed by atoms with van der Waals surface area (Å²) in [4.78, 5) is 24.7. The van der Waals surface area contributed by atoms with Crippen molar-refractivity contribution in [2.45, 2.75) is 91.4 Å². The minimum Gasteiger partial charge on any atom is -0.299 e. The maximum absolute atomic E-state index is 12.6. The van der Waals surface area contributed by atoms with Crippen molar-refractivity contribution in [1.29, 1.82) is 0 Å². The van der Waals surface area contributed by atoms with Gasteiger partial charge >= 0.3 is 0 Å². The zero-order valence-electron chi connectivity index (χ0n) is 16.0. The van der Waals surface area contributed by atoms with Crippen LogP contribution in [0.25, 0.3) is 0 Å². The molecular weight excluding hydrogens is 296 g/mol. The fourth-order valence-corrected chi connectivity index (χ4v) is 3.25. The molecule has 0 spiro atoms. The second-order valence-electron chi connectivity index (χ2n) is 7.59. The number of Topliss-reactive ketones (excluding diaryl/α,β-unsaturated/α-hetero) is 2. The molecule has 0 heterocycles. The van der Waals surface area contributed by atoms with E-state index in [9.17, 15) is 9.59 Å². The zero-order valence-corrected chi connectivity index (χ0v) is 16.0. The van der Waals surface area contributed by atoms with E-state index in [4.69, 9.17) is 0 Å². The molecule has 24 heavy (non-hydrogen) atoms. The van der Waals surface area contributed by atoms with Crippen molar-refractivity contribution in [1.82, 2.24) is 0 Å². The van der Waals surface area contributed by atoms with Crippen LogP contribution < -0.4 is 0 Å². The van der Waals surface area contributed by atoms with Crippen LogP contribution in [0, 0.1) is 11.8 Å². The van der Waals surface area contributed by atoms with Gasteiger partial charge in [0.1, 0.15) is 11.6 Å². The van der Waals surface area contributed by atoms with Crippen LogP contribution in [0.4, 0.5) is 0 Å². The number of hydrogen-bond donors (Lipinski definition) is 0. The Balaban J connectivity index is 2.63. The Labute approximate surface area is 148 Å². The smallest absolute Gasteiger partial charge is 0.136 e. The van der Waals surface area contributed by atoms with E-state index in [1.165, 1.54) is 18.4 Å². The number of carbonyl (C=O) groups is 2. The molecule has 0 aliphatic heterocycles. The zero-order chi connectivity index (χ0) is 17.8. The van der Waals surface area contributed by atoms with Crippen LogP contribution in [0.15, 0.2) is 23.8 Å². The monoisotopic (exact) mass is 332 g/mol. The van der Waals surface area contributed by atoms with Crippen LogP contribution in [-0.4, -0.2) is 11.6 Å². The molecule has 2 unspecified atom stereocenters. The number of rotatable bonds is 2. The fourth-order valence-electron chi connectivity index (χ4n) is 3.25. The number of allylic oxidation sites excluding steroid dienone is 4. The molecule has 0 radical (unpaired) electrons. The number of ketones is 2. The molecule has 0 N–H and O–H groups in total. The lowest BCUT2D eigenvalue weighted by atomic mass is 9.89. The first-order valence-corrected chi connectivity index (χ1v) is 9.84. The molecule has 0 aromatic heterocycles. The van der Waals surface area contributed by atoms with E-state index < -0.39 is 0 Å². The Morgan fingerprint density at radius 1 is 0.958 bits per heavy atom. The molecular formula is C22H36O2. The molecule has 0 bridgehead atoms. The number of carbonyl (C=O) groups excluding carboxylic acids is 2. The highest BCUT2D eigenvalue weighted by Crippen LogP contribution is 2.21. The summed E-state index contributed by atoms with van der Waals surface area (Å²) in [6, 6.07) is 0. The second-order valence-corrected chi connectivity index (χ2v) is 7.59. The van der Waals surface area contributed by atoms with Gasteiger partial charge in [-0.2, -0.15) is 0 Å². The van der Waals surface area contributed by atoms with Gasteiger partial charge in [-0.3, -0.25) is 9.59 Å². The Morgan fingerprint density at radius 3 is 2.42 bits per heavy atom. The van der Waals surface area contributed by atoms with Crippen LogP contribution in [0.2, 0.25) is 0 Å². The van der Waals surface area contributed by atoms with Gasteiger partial charge in [0.25, 0.3) is 0 Å². The molecule has 2 atom stereocenters. The minimum absolute atomic E-state index is 0.124. The molecule has 2 heteroatoms. The van der Waals surface area contributed by atoms with Gasteiger partial charge in [0.05, 0.1) is 0 Å². The van der Waals surface area contributed by atoms with E-state index in [-0.39, 0.29) is 11.8 Å². The quantitative estimate of drug-likeness (QED) is 0.564. The summed E-state index contributed by atoms with van der Waals surface area (Å²) in [5.41, 5.74) is 1.28. The van der Waals surface area contributed by atoms with Gasteiger partial charge in [-0.25, -0.2) is 0 Å². The summed E-state index contributed by atoms with van der Waals surface area (Å²) in [5, 5.41) is 0. The largest absolute Gasteiger partial charge is 0.299 e. The minimum atomic E-state index is 0.124.